The summed E-state index contributed by atoms with van der Waals surface area (Å²) in [6, 6.07) is 5.56. The molecule has 2 aromatic heterocycles. The third kappa shape index (κ3) is 3.60. The maximum atomic E-state index is 12.8. The first-order chi connectivity index (χ1) is 14.9. The summed E-state index contributed by atoms with van der Waals surface area (Å²) in [6.07, 6.45) is 3.46. The van der Waals surface area contributed by atoms with Crippen LogP contribution in [-0.4, -0.2) is 54.9 Å². The zero-order valence-corrected chi connectivity index (χ0v) is 17.2. The van der Waals surface area contributed by atoms with Gasteiger partial charge in [0.25, 0.3) is 11.8 Å². The lowest BCUT2D eigenvalue weighted by Gasteiger charge is -2.27. The number of carbonyl (C=O) groups excluding carboxylic acids is 3. The molecule has 1 aliphatic rings. The van der Waals surface area contributed by atoms with Crippen molar-refractivity contribution in [1.29, 1.82) is 0 Å². The van der Waals surface area contributed by atoms with Gasteiger partial charge in [0.05, 0.1) is 24.1 Å². The van der Waals surface area contributed by atoms with Crippen LogP contribution >= 0.6 is 0 Å². The number of amides is 2. The number of nitrogens with two attached hydrogens (primary N) is 1. The number of aromatic nitrogens is 4. The topological polar surface area (TPSA) is 133 Å². The van der Waals surface area contributed by atoms with Gasteiger partial charge in [-0.2, -0.15) is 0 Å². The van der Waals surface area contributed by atoms with E-state index >= 15 is 0 Å². The van der Waals surface area contributed by atoms with Crippen LogP contribution in [0.25, 0.3) is 11.2 Å². The largest absolute Gasteiger partial charge is 0.464 e. The fourth-order valence-electron chi connectivity index (χ4n) is 3.69. The molecular formula is C21H22N6O4. The zero-order chi connectivity index (χ0) is 22.1. The van der Waals surface area contributed by atoms with Gasteiger partial charge in [-0.15, -0.1) is 0 Å². The van der Waals surface area contributed by atoms with Crippen molar-refractivity contribution in [3.8, 4) is 0 Å². The predicted molar refractivity (Wildman–Crippen MR) is 111 cm³/mol. The number of aryl methyl sites for hydroxylation is 1. The lowest BCUT2D eigenvalue weighted by atomic mass is 10.0. The summed E-state index contributed by atoms with van der Waals surface area (Å²) in [4.78, 5) is 51.6. The van der Waals surface area contributed by atoms with Crippen LogP contribution in [0.5, 0.6) is 0 Å². The van der Waals surface area contributed by atoms with E-state index in [9.17, 15) is 14.4 Å². The van der Waals surface area contributed by atoms with Crippen molar-refractivity contribution in [3.63, 3.8) is 0 Å². The number of imidazole rings is 1. The van der Waals surface area contributed by atoms with E-state index < -0.39 is 23.8 Å². The van der Waals surface area contributed by atoms with Gasteiger partial charge in [-0.3, -0.25) is 14.5 Å². The maximum Gasteiger partial charge on any atom is 0.329 e. The Kier molecular flexibility index (Phi) is 5.37. The number of esters is 1. The average Bonchev–Trinajstić information content (AvgIpc) is 3.27. The van der Waals surface area contributed by atoms with Crippen molar-refractivity contribution in [3.05, 3.63) is 48.0 Å². The highest BCUT2D eigenvalue weighted by atomic mass is 16.5. The van der Waals surface area contributed by atoms with Gasteiger partial charge in [-0.05, 0) is 24.5 Å². The molecule has 0 aliphatic carbocycles. The first-order valence-corrected chi connectivity index (χ1v) is 9.95. The van der Waals surface area contributed by atoms with E-state index in [0.717, 1.165) is 4.90 Å². The summed E-state index contributed by atoms with van der Waals surface area (Å²) in [7, 11) is 0. The Balaban J connectivity index is 1.40. The maximum absolute atomic E-state index is 12.8. The van der Waals surface area contributed by atoms with Gasteiger partial charge in [0.1, 0.15) is 17.9 Å². The molecule has 10 nitrogen and oxygen atoms in total. The Morgan fingerprint density at radius 2 is 1.77 bits per heavy atom. The van der Waals surface area contributed by atoms with Gasteiger partial charge in [0.15, 0.2) is 11.5 Å². The van der Waals surface area contributed by atoms with E-state index in [1.165, 1.54) is 6.33 Å². The van der Waals surface area contributed by atoms with Crippen molar-refractivity contribution < 1.29 is 19.1 Å². The number of carbonyl (C=O) groups is 3. The van der Waals surface area contributed by atoms with Crippen LogP contribution in [0.3, 0.4) is 0 Å². The molecule has 2 N–H and O–H groups in total. The fourth-order valence-corrected chi connectivity index (χ4v) is 3.69. The number of hydrogen-bond donors (Lipinski definition) is 1. The number of hydrogen-bond acceptors (Lipinski definition) is 8. The number of fused-ring (bicyclic) bond motifs is 2. The molecule has 4 rings (SSSR count). The smallest absolute Gasteiger partial charge is 0.329 e. The molecule has 2 amide bonds. The van der Waals surface area contributed by atoms with Crippen molar-refractivity contribution in [2.45, 2.75) is 32.9 Å². The van der Waals surface area contributed by atoms with E-state index in [-0.39, 0.29) is 12.5 Å². The summed E-state index contributed by atoms with van der Waals surface area (Å²) in [5.74, 6) is -1.55. The minimum absolute atomic E-state index is 0.117. The number of imide groups is 1. The molecule has 1 atom stereocenters. The number of nitrogen functional groups attached to an aromatic ring is 1. The molecule has 1 aromatic carbocycles. The Hall–Kier alpha value is -3.82. The molecule has 0 radical (unpaired) electrons. The highest BCUT2D eigenvalue weighted by Gasteiger charge is 2.44. The standard InChI is InChI=1S/C21H22N6O4/c1-12(2)16(27-19(28)13-6-3-4-7-14(13)20(27)29)21(30)31-9-5-8-26-11-25-15-17(22)23-10-24-18(15)26/h3-4,6-7,10-12,16H,5,8-9H2,1-2H3,(H2,22,23,24)/t16-/m0/s1. The Bertz CT molecular complexity index is 1140. The minimum atomic E-state index is -0.992. The van der Waals surface area contributed by atoms with E-state index in [0.29, 0.717) is 41.1 Å². The summed E-state index contributed by atoms with van der Waals surface area (Å²) in [5.41, 5.74) is 7.51. The van der Waals surface area contributed by atoms with Gasteiger partial charge in [-0.1, -0.05) is 26.0 Å². The van der Waals surface area contributed by atoms with Gasteiger partial charge in [0, 0.05) is 6.54 Å². The zero-order valence-electron chi connectivity index (χ0n) is 17.2. The monoisotopic (exact) mass is 422 g/mol. The molecule has 10 heteroatoms. The number of benzene rings is 1. The molecule has 160 valence electrons. The molecule has 1 aliphatic heterocycles. The van der Waals surface area contributed by atoms with Gasteiger partial charge in [0.2, 0.25) is 0 Å². The second-order valence-electron chi connectivity index (χ2n) is 7.60. The number of anilines is 1. The Morgan fingerprint density at radius 1 is 1.10 bits per heavy atom. The second kappa shape index (κ2) is 8.13. The molecule has 0 saturated carbocycles. The van der Waals surface area contributed by atoms with E-state index in [2.05, 4.69) is 15.0 Å². The van der Waals surface area contributed by atoms with Crippen LogP contribution in [0, 0.1) is 5.92 Å². The van der Waals surface area contributed by atoms with Crippen LogP contribution in [0.4, 0.5) is 5.82 Å². The fraction of sp³-hybridized carbons (Fsp3) is 0.333. The molecule has 3 heterocycles. The molecule has 31 heavy (non-hydrogen) atoms. The van der Waals surface area contributed by atoms with E-state index in [1.807, 2.05) is 0 Å². The van der Waals surface area contributed by atoms with Crippen LogP contribution in [-0.2, 0) is 16.1 Å². The summed E-state index contributed by atoms with van der Waals surface area (Å²) < 4.78 is 7.23. The van der Waals surface area contributed by atoms with Gasteiger partial charge >= 0.3 is 5.97 Å². The number of rotatable bonds is 7. The van der Waals surface area contributed by atoms with E-state index in [4.69, 9.17) is 10.5 Å². The molecule has 0 unspecified atom stereocenters. The van der Waals surface area contributed by atoms with Crippen LogP contribution < -0.4 is 5.73 Å². The quantitative estimate of drug-likeness (QED) is 0.345. The molecule has 3 aromatic rings. The first-order valence-electron chi connectivity index (χ1n) is 9.95. The van der Waals surface area contributed by atoms with Crippen molar-refractivity contribution in [2.24, 2.45) is 5.92 Å². The van der Waals surface area contributed by atoms with Crippen LogP contribution in [0.2, 0.25) is 0 Å². The summed E-state index contributed by atoms with van der Waals surface area (Å²) in [6.45, 7) is 4.17. The van der Waals surface area contributed by atoms with Crippen molar-refractivity contribution >= 4 is 34.8 Å². The highest BCUT2D eigenvalue weighted by molar-refractivity contribution is 6.22. The molecular weight excluding hydrogens is 400 g/mol. The van der Waals surface area contributed by atoms with Gasteiger partial charge in [-0.25, -0.2) is 19.7 Å². The van der Waals surface area contributed by atoms with Crippen LogP contribution in [0.1, 0.15) is 41.0 Å². The molecule has 0 bridgehead atoms. The normalized spacial score (nSPS) is 14.4. The second-order valence-corrected chi connectivity index (χ2v) is 7.60. The SMILES string of the molecule is CC(C)[C@@H](C(=O)OCCCn1cnc2c(N)ncnc21)N1C(=O)c2ccccc2C1=O. The molecule has 0 fully saturated rings. The average molecular weight is 422 g/mol. The number of nitrogens with zero attached hydrogens (tertiary/aromatic N) is 5. The minimum Gasteiger partial charge on any atom is -0.464 e. The third-order valence-corrected chi connectivity index (χ3v) is 5.19. The lowest BCUT2D eigenvalue weighted by Crippen LogP contribution is -2.48. The Morgan fingerprint density at radius 3 is 2.42 bits per heavy atom. The summed E-state index contributed by atoms with van der Waals surface area (Å²) >= 11 is 0. The van der Waals surface area contributed by atoms with Gasteiger partial charge < -0.3 is 15.0 Å². The molecule has 0 saturated heterocycles. The summed E-state index contributed by atoms with van der Waals surface area (Å²) in [5, 5.41) is 0. The van der Waals surface area contributed by atoms with Crippen molar-refractivity contribution in [2.75, 3.05) is 12.3 Å². The number of ether oxygens (including phenoxy) is 1. The van der Waals surface area contributed by atoms with Crippen LogP contribution in [0.15, 0.2) is 36.9 Å². The lowest BCUT2D eigenvalue weighted by molar-refractivity contribution is -0.150. The van der Waals surface area contributed by atoms with E-state index in [1.54, 1.807) is 49.0 Å². The predicted octanol–water partition coefficient (Wildman–Crippen LogP) is 1.66. The van der Waals surface area contributed by atoms with Crippen molar-refractivity contribution in [1.82, 2.24) is 24.4 Å². The third-order valence-electron chi connectivity index (χ3n) is 5.19. The molecule has 0 spiro atoms. The Labute approximate surface area is 178 Å². The first kappa shape index (κ1) is 20.5. The highest BCUT2D eigenvalue weighted by Crippen LogP contribution is 2.27.